The predicted molar refractivity (Wildman–Crippen MR) is 92.1 cm³/mol. The maximum atomic E-state index is 5.65. The number of rotatable bonds is 6. The smallest absolute Gasteiger partial charge is 0.113 e. The summed E-state index contributed by atoms with van der Waals surface area (Å²) in [5.74, 6) is 0. The fourth-order valence-electron chi connectivity index (χ4n) is 2.62. The van der Waals surface area contributed by atoms with Gasteiger partial charge in [0.05, 0.1) is 16.8 Å². The molecule has 1 atom stereocenters. The predicted octanol–water partition coefficient (Wildman–Crippen LogP) is 4.47. The molecule has 1 rings (SSSR count). The molecule has 0 saturated carbocycles. The van der Waals surface area contributed by atoms with Crippen molar-refractivity contribution in [3.63, 3.8) is 0 Å². The topological polar surface area (TPSA) is 34.1 Å². The third-order valence-corrected chi connectivity index (χ3v) is 4.79. The highest BCUT2D eigenvalue weighted by Gasteiger charge is 2.37. The highest BCUT2D eigenvalue weighted by molar-refractivity contribution is 7.09. The van der Waals surface area contributed by atoms with Gasteiger partial charge in [-0.15, -0.1) is 11.3 Å². The Morgan fingerprint density at radius 3 is 2.14 bits per heavy atom. The van der Waals surface area contributed by atoms with E-state index in [2.05, 4.69) is 66.1 Å². The standard InChI is InChI=1S/C17H32N2OS/c1-12(2)19-17(8,11-16(6,7)20-9)14-18-13(10-21-14)15(3,4)5/h10,12,19H,11H2,1-9H3. The Kier molecular flexibility index (Phi) is 5.62. The summed E-state index contributed by atoms with van der Waals surface area (Å²) in [6.45, 7) is 17.5. The molecule has 0 fully saturated rings. The largest absolute Gasteiger partial charge is 0.379 e. The van der Waals surface area contributed by atoms with Crippen molar-refractivity contribution in [2.45, 2.75) is 84.4 Å². The van der Waals surface area contributed by atoms with Crippen LogP contribution in [0.1, 0.15) is 72.5 Å². The Labute approximate surface area is 134 Å². The normalized spacial score (nSPS) is 16.3. The highest BCUT2D eigenvalue weighted by Crippen LogP contribution is 2.36. The lowest BCUT2D eigenvalue weighted by Gasteiger charge is -2.37. The van der Waals surface area contributed by atoms with Crippen LogP contribution >= 0.6 is 11.3 Å². The van der Waals surface area contributed by atoms with Crippen LogP contribution in [0.4, 0.5) is 0 Å². The van der Waals surface area contributed by atoms with Crippen molar-refractivity contribution >= 4 is 11.3 Å². The van der Waals surface area contributed by atoms with Crippen LogP contribution in [0.3, 0.4) is 0 Å². The average Bonchev–Trinajstić information content (AvgIpc) is 2.76. The van der Waals surface area contributed by atoms with E-state index in [-0.39, 0.29) is 16.6 Å². The number of nitrogens with one attached hydrogen (secondary N) is 1. The maximum absolute atomic E-state index is 5.65. The first-order valence-corrected chi connectivity index (χ1v) is 8.57. The summed E-state index contributed by atoms with van der Waals surface area (Å²) in [7, 11) is 1.78. The molecule has 0 radical (unpaired) electrons. The molecule has 4 heteroatoms. The molecular weight excluding hydrogens is 280 g/mol. The van der Waals surface area contributed by atoms with E-state index < -0.39 is 0 Å². The van der Waals surface area contributed by atoms with Crippen LogP contribution in [0.15, 0.2) is 5.38 Å². The Bertz CT molecular complexity index is 460. The van der Waals surface area contributed by atoms with E-state index >= 15 is 0 Å². The molecule has 0 amide bonds. The van der Waals surface area contributed by atoms with Gasteiger partial charge in [0, 0.05) is 30.4 Å². The zero-order chi connectivity index (χ0) is 16.5. The summed E-state index contributed by atoms with van der Waals surface area (Å²) in [6, 6.07) is 0.393. The third-order valence-electron chi connectivity index (χ3n) is 3.68. The summed E-state index contributed by atoms with van der Waals surface area (Å²) < 4.78 is 5.65. The van der Waals surface area contributed by atoms with Crippen molar-refractivity contribution in [3.05, 3.63) is 16.1 Å². The zero-order valence-corrected chi connectivity index (χ0v) is 15.9. The Morgan fingerprint density at radius 1 is 1.19 bits per heavy atom. The number of aromatic nitrogens is 1. The first-order valence-electron chi connectivity index (χ1n) is 7.69. The molecule has 3 nitrogen and oxygen atoms in total. The molecular formula is C17H32N2OS. The van der Waals surface area contributed by atoms with Gasteiger partial charge in [0.25, 0.3) is 0 Å². The van der Waals surface area contributed by atoms with Gasteiger partial charge in [-0.3, -0.25) is 0 Å². The van der Waals surface area contributed by atoms with Crippen molar-refractivity contribution in [1.29, 1.82) is 0 Å². The number of hydrogen-bond acceptors (Lipinski definition) is 4. The lowest BCUT2D eigenvalue weighted by Crippen LogP contribution is -2.48. The Balaban J connectivity index is 3.15. The van der Waals surface area contributed by atoms with Crippen LogP contribution in [0.5, 0.6) is 0 Å². The van der Waals surface area contributed by atoms with Crippen molar-refractivity contribution in [1.82, 2.24) is 10.3 Å². The van der Waals surface area contributed by atoms with Gasteiger partial charge >= 0.3 is 0 Å². The summed E-state index contributed by atoms with van der Waals surface area (Å²) in [4.78, 5) is 4.93. The fraction of sp³-hybridized carbons (Fsp3) is 0.824. The van der Waals surface area contributed by atoms with Crippen LogP contribution in [0.2, 0.25) is 0 Å². The number of ether oxygens (including phenoxy) is 1. The van der Waals surface area contributed by atoms with E-state index in [4.69, 9.17) is 9.72 Å². The van der Waals surface area contributed by atoms with E-state index in [0.29, 0.717) is 6.04 Å². The fourth-order valence-corrected chi connectivity index (χ4v) is 3.79. The van der Waals surface area contributed by atoms with Crippen LogP contribution < -0.4 is 5.32 Å². The summed E-state index contributed by atoms with van der Waals surface area (Å²) in [6.07, 6.45) is 0.881. The molecule has 0 bridgehead atoms. The van der Waals surface area contributed by atoms with Crippen LogP contribution in [-0.2, 0) is 15.7 Å². The van der Waals surface area contributed by atoms with Crippen molar-refractivity contribution in [2.75, 3.05) is 7.11 Å². The van der Waals surface area contributed by atoms with E-state index in [0.717, 1.165) is 17.1 Å². The number of thiazole rings is 1. The van der Waals surface area contributed by atoms with Gasteiger partial charge in [-0.1, -0.05) is 20.8 Å². The highest BCUT2D eigenvalue weighted by atomic mass is 32.1. The first-order chi connectivity index (χ1) is 9.39. The SMILES string of the molecule is COC(C)(C)CC(C)(NC(C)C)c1nc(C(C)(C)C)cs1. The molecule has 1 aromatic heterocycles. The molecule has 0 saturated heterocycles. The van der Waals surface area contributed by atoms with Gasteiger partial charge in [0.15, 0.2) is 0 Å². The third kappa shape index (κ3) is 5.04. The van der Waals surface area contributed by atoms with E-state index in [1.54, 1.807) is 18.4 Å². The van der Waals surface area contributed by atoms with Crippen molar-refractivity contribution in [3.8, 4) is 0 Å². The summed E-state index contributed by atoms with van der Waals surface area (Å²) in [5, 5.41) is 7.03. The minimum Gasteiger partial charge on any atom is -0.379 e. The van der Waals surface area contributed by atoms with Gasteiger partial charge < -0.3 is 10.1 Å². The van der Waals surface area contributed by atoms with Gasteiger partial charge in [-0.25, -0.2) is 4.98 Å². The molecule has 1 aromatic rings. The van der Waals surface area contributed by atoms with Gasteiger partial charge in [0.2, 0.25) is 0 Å². The summed E-state index contributed by atoms with van der Waals surface area (Å²) >= 11 is 1.75. The Hall–Kier alpha value is -0.450. The second-order valence-corrected chi connectivity index (χ2v) is 8.92. The van der Waals surface area contributed by atoms with Crippen LogP contribution in [0.25, 0.3) is 0 Å². The van der Waals surface area contributed by atoms with Gasteiger partial charge in [0.1, 0.15) is 5.01 Å². The maximum Gasteiger partial charge on any atom is 0.113 e. The average molecular weight is 313 g/mol. The van der Waals surface area contributed by atoms with Crippen LogP contribution in [-0.4, -0.2) is 23.7 Å². The van der Waals surface area contributed by atoms with Crippen molar-refractivity contribution < 1.29 is 4.74 Å². The minimum absolute atomic E-state index is 0.0876. The van der Waals surface area contributed by atoms with E-state index in [1.165, 1.54) is 0 Å². The summed E-state index contributed by atoms with van der Waals surface area (Å²) in [5.41, 5.74) is 0.880. The number of hydrogen-bond donors (Lipinski definition) is 1. The molecule has 1 heterocycles. The first kappa shape index (κ1) is 18.6. The van der Waals surface area contributed by atoms with Crippen molar-refractivity contribution in [2.24, 2.45) is 0 Å². The second-order valence-electron chi connectivity index (χ2n) is 8.06. The molecule has 0 aromatic carbocycles. The van der Waals surface area contributed by atoms with Gasteiger partial charge in [-0.05, 0) is 34.6 Å². The Morgan fingerprint density at radius 2 is 1.76 bits per heavy atom. The monoisotopic (exact) mass is 312 g/mol. The number of methoxy groups -OCH3 is 1. The molecule has 0 aliphatic carbocycles. The molecule has 21 heavy (non-hydrogen) atoms. The molecule has 1 N–H and O–H groups in total. The van der Waals surface area contributed by atoms with Crippen LogP contribution in [0, 0.1) is 0 Å². The lowest BCUT2D eigenvalue weighted by atomic mass is 9.87. The number of nitrogens with zero attached hydrogens (tertiary/aromatic N) is 1. The molecule has 0 spiro atoms. The second kappa shape index (κ2) is 6.35. The zero-order valence-electron chi connectivity index (χ0n) is 15.1. The minimum atomic E-state index is -0.190. The van der Waals surface area contributed by atoms with E-state index in [1.807, 2.05) is 0 Å². The molecule has 0 aliphatic heterocycles. The molecule has 0 aliphatic rings. The molecule has 1 unspecified atom stereocenters. The molecule has 122 valence electrons. The quantitative estimate of drug-likeness (QED) is 0.841. The lowest BCUT2D eigenvalue weighted by molar-refractivity contribution is -0.00856. The van der Waals surface area contributed by atoms with E-state index in [9.17, 15) is 0 Å². The van der Waals surface area contributed by atoms with Gasteiger partial charge in [-0.2, -0.15) is 0 Å².